The van der Waals surface area contributed by atoms with E-state index in [9.17, 15) is 4.79 Å². The lowest BCUT2D eigenvalue weighted by Gasteiger charge is -2.18. The van der Waals surface area contributed by atoms with Gasteiger partial charge in [-0.3, -0.25) is 4.79 Å². The van der Waals surface area contributed by atoms with E-state index in [1.165, 1.54) is 5.56 Å². The second-order valence-corrected chi connectivity index (χ2v) is 5.83. The Hall–Kier alpha value is -1.71. The van der Waals surface area contributed by atoms with Gasteiger partial charge in [0.1, 0.15) is 6.04 Å². The van der Waals surface area contributed by atoms with Crippen LogP contribution in [0.15, 0.2) is 42.5 Å². The van der Waals surface area contributed by atoms with Crippen molar-refractivity contribution in [2.24, 2.45) is 0 Å². The zero-order valence-corrected chi connectivity index (χ0v) is 14.0. The third-order valence-corrected chi connectivity index (χ3v) is 3.90. The minimum Gasteiger partial charge on any atom is -0.374 e. The van der Waals surface area contributed by atoms with Gasteiger partial charge in [-0.2, -0.15) is 0 Å². The number of aryl methyl sites for hydroxylation is 1. The van der Waals surface area contributed by atoms with Gasteiger partial charge in [-0.15, -0.1) is 0 Å². The highest BCUT2D eigenvalue weighted by atomic mass is 35.5. The molecule has 0 saturated heterocycles. The van der Waals surface area contributed by atoms with Crippen molar-refractivity contribution in [1.29, 1.82) is 0 Å². The predicted molar refractivity (Wildman–Crippen MR) is 94.0 cm³/mol. The monoisotopic (exact) mass is 336 g/mol. The molecule has 0 spiro atoms. The summed E-state index contributed by atoms with van der Waals surface area (Å²) in [5.74, 6) is -0.157. The summed E-state index contributed by atoms with van der Waals surface area (Å²) in [7, 11) is 0. The summed E-state index contributed by atoms with van der Waals surface area (Å²) in [5, 5.41) is 6.99. The van der Waals surface area contributed by atoms with Crippen LogP contribution in [0, 0.1) is 0 Å². The van der Waals surface area contributed by atoms with Crippen molar-refractivity contribution in [1.82, 2.24) is 0 Å². The molecule has 5 heteroatoms. The van der Waals surface area contributed by atoms with Crippen LogP contribution >= 0.6 is 23.2 Å². The molecule has 22 heavy (non-hydrogen) atoms. The summed E-state index contributed by atoms with van der Waals surface area (Å²) in [6, 6.07) is 12.5. The Morgan fingerprint density at radius 2 is 1.86 bits per heavy atom. The van der Waals surface area contributed by atoms with E-state index in [0.717, 1.165) is 12.1 Å². The third-order valence-electron chi connectivity index (χ3n) is 3.35. The summed E-state index contributed by atoms with van der Waals surface area (Å²) in [4.78, 5) is 12.3. The van der Waals surface area contributed by atoms with E-state index in [0.29, 0.717) is 15.7 Å². The summed E-state index contributed by atoms with van der Waals surface area (Å²) in [5.41, 5.74) is 2.69. The van der Waals surface area contributed by atoms with Crippen LogP contribution in [0.4, 0.5) is 11.4 Å². The third kappa shape index (κ3) is 4.15. The van der Waals surface area contributed by atoms with Crippen LogP contribution in [0.5, 0.6) is 0 Å². The number of amides is 1. The standard InChI is InChI=1S/C17H18Cl2N2O/c1-3-12-6-4-5-7-15(12)20-11(2)17(22)21-16-9-8-13(18)10-14(16)19/h4-11,20H,3H2,1-2H3,(H,21,22)/t11-/m0/s1. The average Bonchev–Trinajstić information content (AvgIpc) is 2.50. The van der Waals surface area contributed by atoms with E-state index in [1.807, 2.05) is 31.2 Å². The van der Waals surface area contributed by atoms with Crippen molar-refractivity contribution in [3.05, 3.63) is 58.1 Å². The molecule has 2 aromatic rings. The van der Waals surface area contributed by atoms with Crippen LogP contribution in [0.2, 0.25) is 10.0 Å². The lowest BCUT2D eigenvalue weighted by molar-refractivity contribution is -0.116. The van der Waals surface area contributed by atoms with Gasteiger partial charge >= 0.3 is 0 Å². The van der Waals surface area contributed by atoms with Gasteiger partial charge in [-0.1, -0.05) is 48.3 Å². The van der Waals surface area contributed by atoms with Crippen LogP contribution in [0.1, 0.15) is 19.4 Å². The number of anilines is 2. The lowest BCUT2D eigenvalue weighted by Crippen LogP contribution is -2.32. The maximum atomic E-state index is 12.3. The molecule has 0 fully saturated rings. The van der Waals surface area contributed by atoms with E-state index in [4.69, 9.17) is 23.2 Å². The number of hydrogen-bond acceptors (Lipinski definition) is 2. The topological polar surface area (TPSA) is 41.1 Å². The van der Waals surface area contributed by atoms with E-state index < -0.39 is 0 Å². The van der Waals surface area contributed by atoms with E-state index >= 15 is 0 Å². The first-order chi connectivity index (χ1) is 10.5. The van der Waals surface area contributed by atoms with E-state index in [2.05, 4.69) is 17.6 Å². The normalized spacial score (nSPS) is 11.8. The fraction of sp³-hybridized carbons (Fsp3) is 0.235. The Balaban J connectivity index is 2.06. The number of rotatable bonds is 5. The summed E-state index contributed by atoms with van der Waals surface area (Å²) >= 11 is 11.9. The van der Waals surface area contributed by atoms with E-state index in [-0.39, 0.29) is 11.9 Å². The molecule has 1 atom stereocenters. The maximum Gasteiger partial charge on any atom is 0.246 e. The molecule has 2 N–H and O–H groups in total. The molecular formula is C17H18Cl2N2O. The molecule has 0 aliphatic carbocycles. The molecule has 2 rings (SSSR count). The number of hydrogen-bond donors (Lipinski definition) is 2. The number of halogens is 2. The van der Waals surface area contributed by atoms with Gasteiger partial charge in [0.2, 0.25) is 5.91 Å². The molecule has 0 aromatic heterocycles. The quantitative estimate of drug-likeness (QED) is 0.806. The molecule has 0 saturated carbocycles. The predicted octanol–water partition coefficient (Wildman–Crippen LogP) is 4.99. The second kappa shape index (κ2) is 7.52. The van der Waals surface area contributed by atoms with Crippen LogP contribution in [0.25, 0.3) is 0 Å². The fourth-order valence-electron chi connectivity index (χ4n) is 2.10. The number of nitrogens with one attached hydrogen (secondary N) is 2. The first-order valence-electron chi connectivity index (χ1n) is 7.11. The number of carbonyl (C=O) groups excluding carboxylic acids is 1. The Morgan fingerprint density at radius 3 is 2.55 bits per heavy atom. The summed E-state index contributed by atoms with van der Waals surface area (Å²) < 4.78 is 0. The van der Waals surface area contributed by atoms with Crippen molar-refractivity contribution < 1.29 is 4.79 Å². The zero-order chi connectivity index (χ0) is 16.1. The summed E-state index contributed by atoms with van der Waals surface area (Å²) in [6.45, 7) is 3.89. The maximum absolute atomic E-state index is 12.3. The largest absolute Gasteiger partial charge is 0.374 e. The Kier molecular flexibility index (Phi) is 5.69. The minimum absolute atomic E-state index is 0.157. The highest BCUT2D eigenvalue weighted by molar-refractivity contribution is 6.36. The number of benzene rings is 2. The molecule has 0 bridgehead atoms. The van der Waals surface area contributed by atoms with Crippen LogP contribution in [-0.2, 0) is 11.2 Å². The van der Waals surface area contributed by atoms with Gasteiger partial charge in [0.25, 0.3) is 0 Å². The van der Waals surface area contributed by atoms with Gasteiger partial charge in [-0.05, 0) is 43.2 Å². The molecule has 0 aliphatic rings. The van der Waals surface area contributed by atoms with Gasteiger partial charge in [0.05, 0.1) is 10.7 Å². The van der Waals surface area contributed by atoms with Crippen LogP contribution in [-0.4, -0.2) is 11.9 Å². The van der Waals surface area contributed by atoms with Crippen molar-refractivity contribution in [3.63, 3.8) is 0 Å². The van der Waals surface area contributed by atoms with Crippen molar-refractivity contribution in [3.8, 4) is 0 Å². The van der Waals surface area contributed by atoms with Crippen molar-refractivity contribution >= 4 is 40.5 Å². The zero-order valence-electron chi connectivity index (χ0n) is 12.5. The lowest BCUT2D eigenvalue weighted by atomic mass is 10.1. The Labute approximate surface area is 140 Å². The molecule has 0 radical (unpaired) electrons. The molecular weight excluding hydrogens is 319 g/mol. The molecule has 0 unspecified atom stereocenters. The molecule has 1 amide bonds. The first-order valence-corrected chi connectivity index (χ1v) is 7.87. The van der Waals surface area contributed by atoms with Crippen molar-refractivity contribution in [2.75, 3.05) is 10.6 Å². The van der Waals surface area contributed by atoms with E-state index in [1.54, 1.807) is 18.2 Å². The average molecular weight is 337 g/mol. The Bertz CT molecular complexity index is 673. The SMILES string of the molecule is CCc1ccccc1N[C@@H](C)C(=O)Nc1ccc(Cl)cc1Cl. The highest BCUT2D eigenvalue weighted by Crippen LogP contribution is 2.25. The number of para-hydroxylation sites is 1. The molecule has 0 aliphatic heterocycles. The molecule has 2 aromatic carbocycles. The van der Waals surface area contributed by atoms with Crippen LogP contribution < -0.4 is 10.6 Å². The summed E-state index contributed by atoms with van der Waals surface area (Å²) in [6.07, 6.45) is 0.903. The molecule has 116 valence electrons. The van der Waals surface area contributed by atoms with Gasteiger partial charge < -0.3 is 10.6 Å². The van der Waals surface area contributed by atoms with Gasteiger partial charge in [-0.25, -0.2) is 0 Å². The minimum atomic E-state index is -0.389. The Morgan fingerprint density at radius 1 is 1.14 bits per heavy atom. The fourth-order valence-corrected chi connectivity index (χ4v) is 2.56. The smallest absolute Gasteiger partial charge is 0.246 e. The van der Waals surface area contributed by atoms with Crippen molar-refractivity contribution in [2.45, 2.75) is 26.3 Å². The molecule has 0 heterocycles. The second-order valence-electron chi connectivity index (χ2n) is 4.99. The van der Waals surface area contributed by atoms with Gasteiger partial charge in [0.15, 0.2) is 0 Å². The molecule has 3 nitrogen and oxygen atoms in total. The highest BCUT2D eigenvalue weighted by Gasteiger charge is 2.15. The van der Waals surface area contributed by atoms with Crippen LogP contribution in [0.3, 0.4) is 0 Å². The first kappa shape index (κ1) is 16.7. The van der Waals surface area contributed by atoms with Gasteiger partial charge in [0, 0.05) is 10.7 Å². The number of carbonyl (C=O) groups is 1.